The third-order valence-corrected chi connectivity index (χ3v) is 1.93. The van der Waals surface area contributed by atoms with E-state index >= 15 is 0 Å². The van der Waals surface area contributed by atoms with Gasteiger partial charge >= 0.3 is 0 Å². The van der Waals surface area contributed by atoms with Gasteiger partial charge in [-0.05, 0) is 24.3 Å². The first-order valence-electron chi connectivity index (χ1n) is 4.68. The molecule has 0 saturated heterocycles. The van der Waals surface area contributed by atoms with Crippen molar-refractivity contribution in [3.8, 4) is 5.75 Å². The average Bonchev–Trinajstić information content (AvgIpc) is 2.26. The van der Waals surface area contributed by atoms with Crippen molar-refractivity contribution in [1.82, 2.24) is 0 Å². The van der Waals surface area contributed by atoms with E-state index in [2.05, 4.69) is 0 Å². The molecule has 0 bridgehead atoms. The highest BCUT2D eigenvalue weighted by Crippen LogP contribution is 2.11. The van der Waals surface area contributed by atoms with Gasteiger partial charge in [0.25, 0.3) is 0 Å². The molecule has 0 heterocycles. The van der Waals surface area contributed by atoms with Crippen molar-refractivity contribution in [3.63, 3.8) is 0 Å². The second-order valence-electron chi connectivity index (χ2n) is 3.07. The van der Waals surface area contributed by atoms with Gasteiger partial charge < -0.3 is 10.5 Å². The van der Waals surface area contributed by atoms with Gasteiger partial charge in [-0.2, -0.15) is 0 Å². The van der Waals surface area contributed by atoms with E-state index in [1.807, 2.05) is 0 Å². The lowest BCUT2D eigenvalue weighted by molar-refractivity contribution is -0.120. The van der Waals surface area contributed by atoms with Crippen LogP contribution in [0.3, 0.4) is 0 Å². The van der Waals surface area contributed by atoms with E-state index in [1.54, 1.807) is 31.2 Å². The molecule has 0 spiro atoms. The molecule has 1 aromatic rings. The standard InChI is InChI=1S/C11H13NO3/c1-2-9(13)7-15-10-5-3-8(4-6-10)11(12)14/h3-6H,2,7H2,1H3,(H2,12,14). The van der Waals surface area contributed by atoms with Gasteiger partial charge in [0.2, 0.25) is 5.91 Å². The van der Waals surface area contributed by atoms with Crippen LogP contribution in [0, 0.1) is 0 Å². The Morgan fingerprint density at radius 1 is 1.27 bits per heavy atom. The molecule has 80 valence electrons. The van der Waals surface area contributed by atoms with E-state index < -0.39 is 5.91 Å². The molecule has 0 saturated carbocycles. The molecule has 1 amide bonds. The zero-order chi connectivity index (χ0) is 11.3. The van der Waals surface area contributed by atoms with Crippen LogP contribution in [-0.4, -0.2) is 18.3 Å². The normalized spacial score (nSPS) is 9.67. The zero-order valence-electron chi connectivity index (χ0n) is 8.53. The van der Waals surface area contributed by atoms with Crippen LogP contribution in [0.1, 0.15) is 23.7 Å². The van der Waals surface area contributed by atoms with Gasteiger partial charge in [-0.15, -0.1) is 0 Å². The number of primary amides is 1. The molecular formula is C11H13NO3. The predicted octanol–water partition coefficient (Wildman–Crippen LogP) is 1.14. The van der Waals surface area contributed by atoms with Crippen molar-refractivity contribution in [3.05, 3.63) is 29.8 Å². The molecule has 0 radical (unpaired) electrons. The maximum atomic E-state index is 11.0. The van der Waals surface area contributed by atoms with Crippen molar-refractivity contribution in [2.75, 3.05) is 6.61 Å². The van der Waals surface area contributed by atoms with E-state index in [1.165, 1.54) is 0 Å². The summed E-state index contributed by atoms with van der Waals surface area (Å²) in [4.78, 5) is 21.7. The molecule has 4 heteroatoms. The molecule has 1 rings (SSSR count). The Labute approximate surface area is 88.0 Å². The smallest absolute Gasteiger partial charge is 0.248 e. The largest absolute Gasteiger partial charge is 0.486 e. The summed E-state index contributed by atoms with van der Waals surface area (Å²) >= 11 is 0. The molecule has 0 fully saturated rings. The van der Waals surface area contributed by atoms with Gasteiger partial charge in [-0.3, -0.25) is 9.59 Å². The van der Waals surface area contributed by atoms with E-state index in [0.717, 1.165) is 0 Å². The highest BCUT2D eigenvalue weighted by atomic mass is 16.5. The van der Waals surface area contributed by atoms with Gasteiger partial charge in [-0.25, -0.2) is 0 Å². The van der Waals surface area contributed by atoms with Gasteiger partial charge in [0.05, 0.1) is 0 Å². The summed E-state index contributed by atoms with van der Waals surface area (Å²) in [6.07, 6.45) is 0.458. The molecule has 15 heavy (non-hydrogen) atoms. The van der Waals surface area contributed by atoms with Gasteiger partial charge in [-0.1, -0.05) is 6.92 Å². The van der Waals surface area contributed by atoms with Crippen LogP contribution in [0.25, 0.3) is 0 Å². The van der Waals surface area contributed by atoms with Crippen LogP contribution in [0.5, 0.6) is 5.75 Å². The average molecular weight is 207 g/mol. The number of ether oxygens (including phenoxy) is 1. The summed E-state index contributed by atoms with van der Waals surface area (Å²) in [5, 5.41) is 0. The molecule has 0 atom stereocenters. The molecule has 0 aliphatic carbocycles. The van der Waals surface area contributed by atoms with Crippen LogP contribution in [-0.2, 0) is 4.79 Å². The second kappa shape index (κ2) is 5.14. The first kappa shape index (κ1) is 11.2. The highest BCUT2D eigenvalue weighted by Gasteiger charge is 2.02. The Morgan fingerprint density at radius 3 is 2.33 bits per heavy atom. The Balaban J connectivity index is 2.57. The van der Waals surface area contributed by atoms with E-state index in [9.17, 15) is 9.59 Å². The van der Waals surface area contributed by atoms with Crippen LogP contribution in [0.2, 0.25) is 0 Å². The number of carbonyl (C=O) groups excluding carboxylic acids is 2. The number of Topliss-reactive ketones (excluding diaryl/α,β-unsaturated/α-hetero) is 1. The lowest BCUT2D eigenvalue weighted by atomic mass is 10.2. The fourth-order valence-corrected chi connectivity index (χ4v) is 0.981. The minimum Gasteiger partial charge on any atom is -0.486 e. The highest BCUT2D eigenvalue weighted by molar-refractivity contribution is 5.92. The molecule has 2 N–H and O–H groups in total. The number of amides is 1. The Morgan fingerprint density at radius 2 is 1.87 bits per heavy atom. The van der Waals surface area contributed by atoms with Gasteiger partial charge in [0.1, 0.15) is 12.4 Å². The summed E-state index contributed by atoms with van der Waals surface area (Å²) in [6, 6.07) is 6.36. The maximum Gasteiger partial charge on any atom is 0.248 e. The molecule has 0 aliphatic rings. The van der Waals surface area contributed by atoms with Crippen molar-refractivity contribution < 1.29 is 14.3 Å². The van der Waals surface area contributed by atoms with Crippen LogP contribution in [0.4, 0.5) is 0 Å². The molecule has 0 aliphatic heterocycles. The second-order valence-corrected chi connectivity index (χ2v) is 3.07. The van der Waals surface area contributed by atoms with E-state index in [4.69, 9.17) is 10.5 Å². The summed E-state index contributed by atoms with van der Waals surface area (Å²) in [5.74, 6) is 0.113. The Hall–Kier alpha value is -1.84. The number of benzene rings is 1. The van der Waals surface area contributed by atoms with Crippen molar-refractivity contribution in [2.24, 2.45) is 5.73 Å². The SMILES string of the molecule is CCC(=O)COc1ccc(C(N)=O)cc1. The lowest BCUT2D eigenvalue weighted by Crippen LogP contribution is -2.11. The van der Waals surface area contributed by atoms with Crippen molar-refractivity contribution >= 4 is 11.7 Å². The van der Waals surface area contributed by atoms with Crippen LogP contribution < -0.4 is 10.5 Å². The number of hydrogen-bond acceptors (Lipinski definition) is 3. The summed E-state index contributed by atoms with van der Waals surface area (Å²) < 4.78 is 5.19. The molecule has 4 nitrogen and oxygen atoms in total. The van der Waals surface area contributed by atoms with Gasteiger partial charge in [0, 0.05) is 12.0 Å². The topological polar surface area (TPSA) is 69.4 Å². The third-order valence-electron chi connectivity index (χ3n) is 1.93. The van der Waals surface area contributed by atoms with Gasteiger partial charge in [0.15, 0.2) is 5.78 Å². The predicted molar refractivity (Wildman–Crippen MR) is 55.8 cm³/mol. The first-order valence-corrected chi connectivity index (χ1v) is 4.68. The third kappa shape index (κ3) is 3.42. The van der Waals surface area contributed by atoms with Crippen molar-refractivity contribution in [1.29, 1.82) is 0 Å². The molecule has 0 unspecified atom stereocenters. The minimum absolute atomic E-state index is 0.0361. The Bertz CT molecular complexity index is 357. The minimum atomic E-state index is -0.480. The fourth-order valence-electron chi connectivity index (χ4n) is 0.981. The number of nitrogens with two attached hydrogens (primary N) is 1. The number of hydrogen-bond donors (Lipinski definition) is 1. The first-order chi connectivity index (χ1) is 7.13. The Kier molecular flexibility index (Phi) is 3.85. The maximum absolute atomic E-state index is 11.0. The quantitative estimate of drug-likeness (QED) is 0.787. The van der Waals surface area contributed by atoms with Crippen LogP contribution in [0.15, 0.2) is 24.3 Å². The zero-order valence-corrected chi connectivity index (χ0v) is 8.53. The summed E-state index contributed by atoms with van der Waals surface area (Å²) in [6.45, 7) is 1.84. The van der Waals surface area contributed by atoms with Crippen molar-refractivity contribution in [2.45, 2.75) is 13.3 Å². The summed E-state index contributed by atoms with van der Waals surface area (Å²) in [7, 11) is 0. The molecule has 0 aromatic heterocycles. The lowest BCUT2D eigenvalue weighted by Gasteiger charge is -2.04. The monoisotopic (exact) mass is 207 g/mol. The van der Waals surface area contributed by atoms with Crippen LogP contribution >= 0.6 is 0 Å². The number of ketones is 1. The number of rotatable bonds is 5. The number of carbonyl (C=O) groups is 2. The summed E-state index contributed by atoms with van der Waals surface area (Å²) in [5.41, 5.74) is 5.49. The van der Waals surface area contributed by atoms with E-state index in [-0.39, 0.29) is 12.4 Å². The molecular weight excluding hydrogens is 194 g/mol. The fraction of sp³-hybridized carbons (Fsp3) is 0.273. The molecule has 1 aromatic carbocycles. The van der Waals surface area contributed by atoms with E-state index in [0.29, 0.717) is 17.7 Å².